The Hall–Kier alpha value is -1.76. The van der Waals surface area contributed by atoms with Gasteiger partial charge in [0.25, 0.3) is 0 Å². The normalized spacial score (nSPS) is 24.6. The molecule has 2 aromatic rings. The van der Waals surface area contributed by atoms with Crippen LogP contribution in [0.1, 0.15) is 40.0 Å². The van der Waals surface area contributed by atoms with Crippen molar-refractivity contribution in [3.05, 3.63) is 54.6 Å². The van der Waals surface area contributed by atoms with Crippen molar-refractivity contribution in [3.63, 3.8) is 0 Å². The molecule has 1 heteroatoms. The van der Waals surface area contributed by atoms with Crippen LogP contribution in [-0.2, 0) is 0 Å². The van der Waals surface area contributed by atoms with Crippen LogP contribution in [0.2, 0.25) is 0 Å². The van der Waals surface area contributed by atoms with Gasteiger partial charge in [0.15, 0.2) is 0 Å². The van der Waals surface area contributed by atoms with Gasteiger partial charge >= 0.3 is 0 Å². The second kappa shape index (κ2) is 7.21. The predicted molar refractivity (Wildman–Crippen MR) is 97.6 cm³/mol. The monoisotopic (exact) mass is 308 g/mol. The molecule has 0 amide bonds. The van der Waals surface area contributed by atoms with Crippen LogP contribution in [0.5, 0.6) is 5.75 Å². The van der Waals surface area contributed by atoms with Gasteiger partial charge in [0.2, 0.25) is 0 Å². The van der Waals surface area contributed by atoms with Gasteiger partial charge in [-0.1, -0.05) is 69.7 Å². The van der Waals surface area contributed by atoms with Crippen molar-refractivity contribution < 1.29 is 4.74 Å². The molecule has 0 aliphatic heterocycles. The first-order valence-corrected chi connectivity index (χ1v) is 8.95. The Morgan fingerprint density at radius 1 is 0.870 bits per heavy atom. The Kier molecular flexibility index (Phi) is 5.05. The van der Waals surface area contributed by atoms with E-state index in [4.69, 9.17) is 4.74 Å². The van der Waals surface area contributed by atoms with Crippen LogP contribution in [0.3, 0.4) is 0 Å². The van der Waals surface area contributed by atoms with Crippen LogP contribution >= 0.6 is 0 Å². The first-order valence-electron chi connectivity index (χ1n) is 8.95. The van der Waals surface area contributed by atoms with Crippen molar-refractivity contribution in [1.82, 2.24) is 0 Å². The average Bonchev–Trinajstić information content (AvgIpc) is 2.56. The third-order valence-electron chi connectivity index (χ3n) is 5.21. The lowest BCUT2D eigenvalue weighted by Gasteiger charge is -2.37. The lowest BCUT2D eigenvalue weighted by Crippen LogP contribution is -2.36. The third kappa shape index (κ3) is 3.96. The maximum atomic E-state index is 6.39. The van der Waals surface area contributed by atoms with Crippen LogP contribution in [-0.4, -0.2) is 6.10 Å². The minimum absolute atomic E-state index is 0.362. The van der Waals surface area contributed by atoms with Gasteiger partial charge in [0.05, 0.1) is 0 Å². The van der Waals surface area contributed by atoms with Gasteiger partial charge < -0.3 is 4.74 Å². The SMILES string of the molecule is CC(C)[C@@H]1CC[C@@H](C)C[C@H]1Oc1ccc(-c2ccccc2)cc1. The summed E-state index contributed by atoms with van der Waals surface area (Å²) in [6.45, 7) is 7.01. The first-order chi connectivity index (χ1) is 11.1. The van der Waals surface area contributed by atoms with Crippen molar-refractivity contribution in [3.8, 4) is 16.9 Å². The van der Waals surface area contributed by atoms with Gasteiger partial charge in [-0.3, -0.25) is 0 Å². The van der Waals surface area contributed by atoms with Crippen LogP contribution in [0, 0.1) is 17.8 Å². The Morgan fingerprint density at radius 2 is 1.52 bits per heavy atom. The Bertz CT molecular complexity index is 600. The number of rotatable bonds is 4. The molecule has 0 bridgehead atoms. The molecule has 0 heterocycles. The van der Waals surface area contributed by atoms with Crippen LogP contribution < -0.4 is 4.74 Å². The zero-order valence-electron chi connectivity index (χ0n) is 14.5. The standard InChI is InChI=1S/C22H28O/c1-16(2)21-14-9-17(3)15-22(21)23-20-12-10-19(11-13-20)18-7-5-4-6-8-18/h4-8,10-13,16-17,21-22H,9,14-15H2,1-3H3/t17-,21+,22-/m1/s1. The zero-order chi connectivity index (χ0) is 16.2. The highest BCUT2D eigenvalue weighted by molar-refractivity contribution is 5.63. The van der Waals surface area contributed by atoms with Crippen molar-refractivity contribution in [2.75, 3.05) is 0 Å². The van der Waals surface area contributed by atoms with Crippen LogP contribution in [0.15, 0.2) is 54.6 Å². The van der Waals surface area contributed by atoms with Crippen molar-refractivity contribution in [2.45, 2.75) is 46.1 Å². The van der Waals surface area contributed by atoms with E-state index < -0.39 is 0 Å². The summed E-state index contributed by atoms with van der Waals surface area (Å²) in [5, 5.41) is 0. The molecule has 1 fully saturated rings. The quantitative estimate of drug-likeness (QED) is 0.654. The molecule has 0 N–H and O–H groups in total. The molecule has 0 spiro atoms. The maximum Gasteiger partial charge on any atom is 0.119 e. The summed E-state index contributed by atoms with van der Waals surface area (Å²) in [4.78, 5) is 0. The van der Waals surface area contributed by atoms with E-state index in [1.807, 2.05) is 0 Å². The summed E-state index contributed by atoms with van der Waals surface area (Å²) in [6.07, 6.45) is 4.19. The zero-order valence-corrected chi connectivity index (χ0v) is 14.5. The third-order valence-corrected chi connectivity index (χ3v) is 5.21. The van der Waals surface area contributed by atoms with E-state index in [0.29, 0.717) is 17.9 Å². The fourth-order valence-electron chi connectivity index (χ4n) is 3.78. The Morgan fingerprint density at radius 3 is 2.17 bits per heavy atom. The highest BCUT2D eigenvalue weighted by Gasteiger charge is 2.32. The van der Waals surface area contributed by atoms with Crippen molar-refractivity contribution in [1.29, 1.82) is 0 Å². The predicted octanol–water partition coefficient (Wildman–Crippen LogP) is 6.19. The van der Waals surface area contributed by atoms with E-state index >= 15 is 0 Å². The Balaban J connectivity index is 1.72. The second-order valence-electron chi connectivity index (χ2n) is 7.37. The summed E-state index contributed by atoms with van der Waals surface area (Å²) in [6, 6.07) is 19.1. The second-order valence-corrected chi connectivity index (χ2v) is 7.37. The molecule has 0 aromatic heterocycles. The summed E-state index contributed by atoms with van der Waals surface area (Å²) >= 11 is 0. The van der Waals surface area contributed by atoms with E-state index in [1.54, 1.807) is 0 Å². The average molecular weight is 308 g/mol. The van der Waals surface area contributed by atoms with E-state index in [-0.39, 0.29) is 0 Å². The highest BCUT2D eigenvalue weighted by Crippen LogP contribution is 2.36. The van der Waals surface area contributed by atoms with Gasteiger partial charge in [-0.05, 0) is 53.9 Å². The van der Waals surface area contributed by atoms with Crippen molar-refractivity contribution in [2.24, 2.45) is 17.8 Å². The number of ether oxygens (including phenoxy) is 1. The Labute approximate surface area is 140 Å². The van der Waals surface area contributed by atoms with Gasteiger partial charge in [-0.15, -0.1) is 0 Å². The van der Waals surface area contributed by atoms with Gasteiger partial charge in [0, 0.05) is 0 Å². The van der Waals surface area contributed by atoms with Crippen LogP contribution in [0.25, 0.3) is 11.1 Å². The molecule has 1 aliphatic carbocycles. The molecule has 3 rings (SSSR count). The molecule has 1 aliphatic rings. The fourth-order valence-corrected chi connectivity index (χ4v) is 3.78. The van der Waals surface area contributed by atoms with Crippen LogP contribution in [0.4, 0.5) is 0 Å². The van der Waals surface area contributed by atoms with E-state index in [2.05, 4.69) is 75.4 Å². The van der Waals surface area contributed by atoms with Gasteiger partial charge in [0.1, 0.15) is 11.9 Å². The summed E-state index contributed by atoms with van der Waals surface area (Å²) in [5.41, 5.74) is 2.50. The van der Waals surface area contributed by atoms with E-state index in [0.717, 1.165) is 11.7 Å². The largest absolute Gasteiger partial charge is 0.490 e. The van der Waals surface area contributed by atoms with Crippen molar-refractivity contribution >= 4 is 0 Å². The molecular weight excluding hydrogens is 280 g/mol. The molecule has 0 saturated heterocycles. The number of hydrogen-bond acceptors (Lipinski definition) is 1. The number of hydrogen-bond donors (Lipinski definition) is 0. The summed E-state index contributed by atoms with van der Waals surface area (Å²) in [5.74, 6) is 3.16. The first kappa shape index (κ1) is 16.1. The molecular formula is C22H28O. The molecule has 0 unspecified atom stereocenters. The summed E-state index contributed by atoms with van der Waals surface area (Å²) < 4.78 is 6.39. The molecule has 3 atom stereocenters. The van der Waals surface area contributed by atoms with E-state index in [1.165, 1.54) is 30.4 Å². The topological polar surface area (TPSA) is 9.23 Å². The maximum absolute atomic E-state index is 6.39. The molecule has 1 nitrogen and oxygen atoms in total. The smallest absolute Gasteiger partial charge is 0.119 e. The lowest BCUT2D eigenvalue weighted by molar-refractivity contribution is 0.0460. The molecule has 2 aromatic carbocycles. The number of benzene rings is 2. The summed E-state index contributed by atoms with van der Waals surface area (Å²) in [7, 11) is 0. The minimum atomic E-state index is 0.362. The fraction of sp³-hybridized carbons (Fsp3) is 0.455. The molecule has 23 heavy (non-hydrogen) atoms. The minimum Gasteiger partial charge on any atom is -0.490 e. The highest BCUT2D eigenvalue weighted by atomic mass is 16.5. The molecule has 122 valence electrons. The van der Waals surface area contributed by atoms with Gasteiger partial charge in [-0.2, -0.15) is 0 Å². The molecule has 0 radical (unpaired) electrons. The molecule has 1 saturated carbocycles. The van der Waals surface area contributed by atoms with Gasteiger partial charge in [-0.25, -0.2) is 0 Å². The van der Waals surface area contributed by atoms with E-state index in [9.17, 15) is 0 Å². The lowest BCUT2D eigenvalue weighted by atomic mass is 9.75.